The molecule has 21 heavy (non-hydrogen) atoms. The van der Waals surface area contributed by atoms with Gasteiger partial charge in [-0.2, -0.15) is 5.26 Å². The molecule has 0 amide bonds. The van der Waals surface area contributed by atoms with Crippen molar-refractivity contribution in [3.05, 3.63) is 53.6 Å². The van der Waals surface area contributed by atoms with Gasteiger partial charge in [-0.15, -0.1) is 0 Å². The van der Waals surface area contributed by atoms with Crippen LogP contribution in [-0.4, -0.2) is 24.3 Å². The van der Waals surface area contributed by atoms with Crippen LogP contribution in [0.3, 0.4) is 0 Å². The van der Waals surface area contributed by atoms with Crippen molar-refractivity contribution in [1.82, 2.24) is 0 Å². The highest BCUT2D eigenvalue weighted by atomic mass is 16.3. The lowest BCUT2D eigenvalue weighted by molar-refractivity contribution is 0.403. The fraction of sp³-hybridized carbons (Fsp3) is 0.118. The number of aromatic hydroxyl groups is 2. The smallest absolute Gasteiger partial charge is 0.157 e. The molecule has 106 valence electrons. The largest absolute Gasteiger partial charge is 0.504 e. The molecule has 4 heteroatoms. The Balaban J connectivity index is 2.36. The zero-order chi connectivity index (χ0) is 15.4. The van der Waals surface area contributed by atoms with Gasteiger partial charge in [0.1, 0.15) is 0 Å². The van der Waals surface area contributed by atoms with E-state index in [1.54, 1.807) is 12.1 Å². The molecule has 0 bridgehead atoms. The number of hydrogen-bond acceptors (Lipinski definition) is 4. The Morgan fingerprint density at radius 3 is 2.24 bits per heavy atom. The molecular formula is C17H16N2O2. The number of anilines is 1. The molecule has 0 aliphatic carbocycles. The number of allylic oxidation sites excluding steroid dienone is 1. The Bertz CT molecular complexity index is 711. The van der Waals surface area contributed by atoms with Crippen LogP contribution >= 0.6 is 0 Å². The van der Waals surface area contributed by atoms with Crippen LogP contribution in [0.1, 0.15) is 11.1 Å². The van der Waals surface area contributed by atoms with Gasteiger partial charge in [0.15, 0.2) is 11.5 Å². The summed E-state index contributed by atoms with van der Waals surface area (Å²) in [5.41, 5.74) is 3.00. The fourth-order valence-corrected chi connectivity index (χ4v) is 1.92. The summed E-state index contributed by atoms with van der Waals surface area (Å²) in [6.45, 7) is 0. The maximum atomic E-state index is 9.49. The molecule has 0 heterocycles. The first kappa shape index (κ1) is 14.5. The van der Waals surface area contributed by atoms with E-state index in [2.05, 4.69) is 6.07 Å². The average molecular weight is 280 g/mol. The minimum atomic E-state index is -0.205. The van der Waals surface area contributed by atoms with E-state index in [1.807, 2.05) is 43.3 Å². The number of nitrogens with zero attached hydrogens (tertiary/aromatic N) is 2. The maximum absolute atomic E-state index is 9.49. The molecular weight excluding hydrogens is 264 g/mol. The summed E-state index contributed by atoms with van der Waals surface area (Å²) in [6, 6.07) is 14.2. The van der Waals surface area contributed by atoms with Crippen molar-refractivity contribution in [3.63, 3.8) is 0 Å². The highest BCUT2D eigenvalue weighted by Gasteiger charge is 2.04. The monoisotopic (exact) mass is 280 g/mol. The zero-order valence-electron chi connectivity index (χ0n) is 11.9. The van der Waals surface area contributed by atoms with Gasteiger partial charge in [-0.1, -0.05) is 18.2 Å². The third kappa shape index (κ3) is 3.34. The van der Waals surface area contributed by atoms with Gasteiger partial charge in [0.2, 0.25) is 0 Å². The Morgan fingerprint density at radius 2 is 1.71 bits per heavy atom. The Kier molecular flexibility index (Phi) is 4.15. The first-order valence-corrected chi connectivity index (χ1v) is 6.43. The number of benzene rings is 2. The third-order valence-corrected chi connectivity index (χ3v) is 3.13. The van der Waals surface area contributed by atoms with Crippen LogP contribution in [0.15, 0.2) is 42.5 Å². The lowest BCUT2D eigenvalue weighted by Crippen LogP contribution is -2.08. The van der Waals surface area contributed by atoms with Gasteiger partial charge in [0, 0.05) is 19.8 Å². The first-order valence-electron chi connectivity index (χ1n) is 6.43. The molecule has 2 N–H and O–H groups in total. The molecule has 0 unspecified atom stereocenters. The van der Waals surface area contributed by atoms with Crippen LogP contribution in [0.25, 0.3) is 11.6 Å². The van der Waals surface area contributed by atoms with Crippen molar-refractivity contribution >= 4 is 17.3 Å². The summed E-state index contributed by atoms with van der Waals surface area (Å²) in [4.78, 5) is 1.98. The van der Waals surface area contributed by atoms with E-state index in [0.717, 1.165) is 11.3 Å². The summed E-state index contributed by atoms with van der Waals surface area (Å²) in [6.07, 6.45) is 1.67. The number of hydrogen-bond donors (Lipinski definition) is 2. The Hall–Kier alpha value is -2.93. The summed E-state index contributed by atoms with van der Waals surface area (Å²) in [7, 11) is 3.91. The summed E-state index contributed by atoms with van der Waals surface area (Å²) >= 11 is 0. The van der Waals surface area contributed by atoms with Gasteiger partial charge in [-0.05, 0) is 41.5 Å². The van der Waals surface area contributed by atoms with Crippen molar-refractivity contribution in [1.29, 1.82) is 5.26 Å². The molecule has 0 aliphatic heterocycles. The number of phenols is 2. The summed E-state index contributed by atoms with van der Waals surface area (Å²) in [5.74, 6) is -0.384. The molecule has 2 rings (SSSR count). The fourth-order valence-electron chi connectivity index (χ4n) is 1.92. The standard InChI is InChI=1S/C17H16N2O2/c1-19(2)15-6-4-13(5-7-15)14(11-18)9-12-3-8-16(20)17(21)10-12/h3-10,20-21H,1-2H3. The van der Waals surface area contributed by atoms with E-state index in [-0.39, 0.29) is 11.5 Å². The minimum absolute atomic E-state index is 0.180. The van der Waals surface area contributed by atoms with Crippen molar-refractivity contribution in [3.8, 4) is 17.6 Å². The van der Waals surface area contributed by atoms with E-state index >= 15 is 0 Å². The lowest BCUT2D eigenvalue weighted by atomic mass is 10.0. The van der Waals surface area contributed by atoms with Crippen LogP contribution in [0.2, 0.25) is 0 Å². The predicted octanol–water partition coefficient (Wildman–Crippen LogP) is 3.23. The second-order valence-electron chi connectivity index (χ2n) is 4.86. The lowest BCUT2D eigenvalue weighted by Gasteiger charge is -2.12. The third-order valence-electron chi connectivity index (χ3n) is 3.13. The molecule has 4 nitrogen and oxygen atoms in total. The Morgan fingerprint density at radius 1 is 1.05 bits per heavy atom. The molecule has 0 radical (unpaired) electrons. The van der Waals surface area contributed by atoms with Crippen LogP contribution in [0.4, 0.5) is 5.69 Å². The second kappa shape index (κ2) is 6.02. The highest BCUT2D eigenvalue weighted by molar-refractivity contribution is 5.90. The summed E-state index contributed by atoms with van der Waals surface area (Å²) in [5, 5.41) is 28.1. The van der Waals surface area contributed by atoms with Crippen molar-refractivity contribution in [2.24, 2.45) is 0 Å². The number of rotatable bonds is 3. The molecule has 0 atom stereocenters. The Labute approximate surface area is 123 Å². The quantitative estimate of drug-likeness (QED) is 0.514. The van der Waals surface area contributed by atoms with Gasteiger partial charge in [0.05, 0.1) is 11.6 Å². The first-order chi connectivity index (χ1) is 10.0. The van der Waals surface area contributed by atoms with Crippen LogP contribution in [0.5, 0.6) is 11.5 Å². The van der Waals surface area contributed by atoms with E-state index in [0.29, 0.717) is 11.1 Å². The van der Waals surface area contributed by atoms with E-state index in [1.165, 1.54) is 12.1 Å². The van der Waals surface area contributed by atoms with E-state index in [9.17, 15) is 15.5 Å². The highest BCUT2D eigenvalue weighted by Crippen LogP contribution is 2.27. The van der Waals surface area contributed by atoms with Crippen LogP contribution in [0, 0.1) is 11.3 Å². The molecule has 0 aromatic heterocycles. The van der Waals surface area contributed by atoms with E-state index < -0.39 is 0 Å². The number of nitriles is 1. The average Bonchev–Trinajstić information content (AvgIpc) is 2.48. The van der Waals surface area contributed by atoms with Crippen molar-refractivity contribution < 1.29 is 10.2 Å². The topological polar surface area (TPSA) is 67.5 Å². The van der Waals surface area contributed by atoms with Crippen molar-refractivity contribution in [2.45, 2.75) is 0 Å². The molecule has 0 aliphatic rings. The van der Waals surface area contributed by atoms with Crippen LogP contribution in [-0.2, 0) is 0 Å². The predicted molar refractivity (Wildman–Crippen MR) is 84.0 cm³/mol. The van der Waals surface area contributed by atoms with Gasteiger partial charge in [-0.25, -0.2) is 0 Å². The zero-order valence-corrected chi connectivity index (χ0v) is 11.9. The maximum Gasteiger partial charge on any atom is 0.157 e. The van der Waals surface area contributed by atoms with E-state index in [4.69, 9.17) is 0 Å². The molecule has 0 fully saturated rings. The van der Waals surface area contributed by atoms with Crippen molar-refractivity contribution in [2.75, 3.05) is 19.0 Å². The molecule has 0 spiro atoms. The SMILES string of the molecule is CN(C)c1ccc(C(C#N)=Cc2ccc(O)c(O)c2)cc1. The van der Waals surface area contributed by atoms with Gasteiger partial charge >= 0.3 is 0 Å². The summed E-state index contributed by atoms with van der Waals surface area (Å²) < 4.78 is 0. The normalized spacial score (nSPS) is 11.0. The molecule has 2 aromatic carbocycles. The van der Waals surface area contributed by atoms with Crippen LogP contribution < -0.4 is 4.90 Å². The molecule has 2 aromatic rings. The van der Waals surface area contributed by atoms with Gasteiger partial charge in [0.25, 0.3) is 0 Å². The second-order valence-corrected chi connectivity index (χ2v) is 4.86. The van der Waals surface area contributed by atoms with Gasteiger partial charge < -0.3 is 15.1 Å². The minimum Gasteiger partial charge on any atom is -0.504 e. The van der Waals surface area contributed by atoms with Gasteiger partial charge in [-0.3, -0.25) is 0 Å². The molecule has 0 saturated carbocycles. The number of phenolic OH excluding ortho intramolecular Hbond substituents is 2. The molecule has 0 saturated heterocycles.